The van der Waals surface area contributed by atoms with Crippen LogP contribution >= 0.6 is 12.6 Å². The minimum atomic E-state index is -4.35. The molecule has 1 saturated heterocycles. The van der Waals surface area contributed by atoms with Gasteiger partial charge in [-0.3, -0.25) is 4.79 Å². The van der Waals surface area contributed by atoms with E-state index in [1.54, 1.807) is 30.3 Å². The molecule has 0 bridgehead atoms. The fourth-order valence-corrected chi connectivity index (χ4v) is 4.75. The summed E-state index contributed by atoms with van der Waals surface area (Å²) >= 11 is 3.80. The molecule has 0 unspecified atom stereocenters. The van der Waals surface area contributed by atoms with Crippen molar-refractivity contribution in [3.63, 3.8) is 0 Å². The van der Waals surface area contributed by atoms with E-state index in [4.69, 9.17) is 9.88 Å². The highest BCUT2D eigenvalue weighted by atomic mass is 32.2. The molecule has 3 aromatic carbocycles. The third kappa shape index (κ3) is 8.09. The summed E-state index contributed by atoms with van der Waals surface area (Å²) in [4.78, 5) is 13.3. The summed E-state index contributed by atoms with van der Waals surface area (Å²) in [5, 5.41) is 6.96. The Hall–Kier alpha value is -2.85. The van der Waals surface area contributed by atoms with Crippen molar-refractivity contribution in [2.45, 2.75) is 24.3 Å². The molecule has 1 heterocycles. The zero-order chi connectivity index (χ0) is 26.3. The lowest BCUT2D eigenvalue weighted by Crippen LogP contribution is -2.33. The molecule has 0 spiro atoms. The van der Waals surface area contributed by atoms with Gasteiger partial charge in [-0.25, -0.2) is 8.42 Å². The number of thiol groups is 1. The van der Waals surface area contributed by atoms with E-state index in [1.807, 2.05) is 11.0 Å². The highest BCUT2D eigenvalue weighted by Gasteiger charge is 2.24. The lowest BCUT2D eigenvalue weighted by Gasteiger charge is -2.24. The molecule has 0 amide bonds. The second-order valence-corrected chi connectivity index (χ2v) is 11.5. The number of sulfonamides is 1. The Morgan fingerprint density at radius 2 is 1.53 bits per heavy atom. The van der Waals surface area contributed by atoms with Gasteiger partial charge in [0.2, 0.25) is 5.12 Å². The summed E-state index contributed by atoms with van der Waals surface area (Å²) in [6.07, 6.45) is 1.93. The average molecular weight is 528 g/mol. The van der Waals surface area contributed by atoms with Gasteiger partial charge in [0.25, 0.3) is 0 Å². The highest BCUT2D eigenvalue weighted by molar-refractivity contribution is 7.97. The number of para-hydroxylation sites is 1. The fraction of sp³-hybridized carbons (Fsp3) is 0.296. The van der Waals surface area contributed by atoms with Gasteiger partial charge in [0.15, 0.2) is 5.75 Å². The van der Waals surface area contributed by atoms with E-state index < -0.39 is 15.1 Å². The maximum absolute atomic E-state index is 12.0. The zero-order valence-electron chi connectivity index (χ0n) is 20.8. The summed E-state index contributed by atoms with van der Waals surface area (Å²) in [6, 6.07) is 22.1. The van der Waals surface area contributed by atoms with E-state index in [-0.39, 0.29) is 16.2 Å². The normalized spacial score (nSPS) is 13.6. The van der Waals surface area contributed by atoms with Gasteiger partial charge in [0.1, 0.15) is 22.3 Å². The standard InChI is InChI=1S/C17H18N2O4S2.C10H16N/c18-25(21,22)15-11-12(17(20)24)10-14(19-8-4-5-9-19)16(15)23-13-6-2-1-3-7-13;1-11(2,3)9-10-7-5-4-6-8-10/h1-3,6-7,10-11H,4-5,8-9H2,(H3,18,20,21,22,24);4-8H,9H2,1-3H3/q;+1/p-1. The van der Waals surface area contributed by atoms with Crippen LogP contribution in [0, 0.1) is 0 Å². The van der Waals surface area contributed by atoms with Gasteiger partial charge < -0.3 is 19.3 Å². The van der Waals surface area contributed by atoms with E-state index in [2.05, 4.69) is 64.1 Å². The van der Waals surface area contributed by atoms with Crippen molar-refractivity contribution < 1.29 is 22.4 Å². The predicted molar refractivity (Wildman–Crippen MR) is 147 cm³/mol. The Balaban J connectivity index is 0.000000275. The summed E-state index contributed by atoms with van der Waals surface area (Å²) in [5.74, 6) is 0.527. The minimum absolute atomic E-state index is 0.0708. The summed E-state index contributed by atoms with van der Waals surface area (Å²) in [6.45, 7) is 2.56. The molecule has 0 saturated carbocycles. The maximum Gasteiger partial charge on any atom is 0.216 e. The Morgan fingerprint density at radius 3 is 2.03 bits per heavy atom. The van der Waals surface area contributed by atoms with Crippen molar-refractivity contribution in [2.75, 3.05) is 39.1 Å². The monoisotopic (exact) mass is 527 g/mol. The Morgan fingerprint density at radius 1 is 0.972 bits per heavy atom. The molecule has 192 valence electrons. The molecule has 3 aromatic rings. The second kappa shape index (κ2) is 11.9. The van der Waals surface area contributed by atoms with Crippen LogP contribution in [0.15, 0.2) is 77.7 Å². The van der Waals surface area contributed by atoms with E-state index in [0.29, 0.717) is 11.4 Å². The second-order valence-electron chi connectivity index (χ2n) is 9.67. The number of hydrogen-bond donors (Lipinski definition) is 1. The number of rotatable bonds is 7. The topological polar surface area (TPSA) is 87.5 Å². The Kier molecular flexibility index (Phi) is 9.19. The molecule has 0 atom stereocenters. The molecule has 1 fully saturated rings. The first-order valence-corrected chi connectivity index (χ1v) is 13.6. The average Bonchev–Trinajstić information content (AvgIpc) is 3.34. The third-order valence-corrected chi connectivity index (χ3v) is 6.62. The number of ether oxygens (including phenoxy) is 1. The van der Waals surface area contributed by atoms with E-state index in [9.17, 15) is 13.2 Å². The first-order valence-electron chi connectivity index (χ1n) is 11.7. The smallest absolute Gasteiger partial charge is 0.216 e. The lowest BCUT2D eigenvalue weighted by atomic mass is 10.1. The van der Waals surface area contributed by atoms with Crippen LogP contribution < -0.4 is 9.64 Å². The first kappa shape index (κ1) is 27.7. The molecule has 9 heteroatoms. The van der Waals surface area contributed by atoms with E-state index in [0.717, 1.165) is 43.0 Å². The number of carbonyl (C=O) groups is 1. The van der Waals surface area contributed by atoms with Crippen molar-refractivity contribution in [3.05, 3.63) is 89.1 Å². The van der Waals surface area contributed by atoms with Crippen LogP contribution in [-0.2, 0) is 16.6 Å². The van der Waals surface area contributed by atoms with E-state index in [1.165, 1.54) is 5.56 Å². The van der Waals surface area contributed by atoms with Crippen LogP contribution in [0.1, 0.15) is 28.8 Å². The van der Waals surface area contributed by atoms with Crippen molar-refractivity contribution in [2.24, 2.45) is 0 Å². The van der Waals surface area contributed by atoms with E-state index >= 15 is 0 Å². The SMILES string of the molecule is C[N+](C)(C)Cc1ccccc1.[NH-]S(=O)(=O)c1cc(C(=O)S)cc(N2CCCC2)c1Oc1ccccc1. The predicted octanol–water partition coefficient (Wildman–Crippen LogP) is 5.78. The van der Waals surface area contributed by atoms with Crippen LogP contribution in [0.5, 0.6) is 11.5 Å². The van der Waals surface area contributed by atoms with Crippen LogP contribution in [0.3, 0.4) is 0 Å². The molecule has 7 nitrogen and oxygen atoms in total. The van der Waals surface area contributed by atoms with Gasteiger partial charge in [-0.1, -0.05) is 48.5 Å². The number of carbonyl (C=O) groups excluding carboxylic acids is 1. The largest absolute Gasteiger partial charge is 0.560 e. The number of nitrogens with one attached hydrogen (secondary N) is 1. The number of hydrogen-bond acceptors (Lipinski definition) is 5. The van der Waals surface area contributed by atoms with Gasteiger partial charge in [-0.05, 0) is 37.1 Å². The van der Waals surface area contributed by atoms with Gasteiger partial charge in [0.05, 0.1) is 31.7 Å². The maximum atomic E-state index is 12.0. The third-order valence-electron chi connectivity index (χ3n) is 5.48. The minimum Gasteiger partial charge on any atom is -0.560 e. The van der Waals surface area contributed by atoms with Gasteiger partial charge >= 0.3 is 0 Å². The Bertz CT molecular complexity index is 1270. The van der Waals surface area contributed by atoms with Gasteiger partial charge in [0, 0.05) is 24.2 Å². The zero-order valence-corrected chi connectivity index (χ0v) is 22.6. The van der Waals surface area contributed by atoms with Crippen molar-refractivity contribution in [1.82, 2.24) is 0 Å². The van der Waals surface area contributed by atoms with Crippen LogP contribution in [0.25, 0.3) is 5.14 Å². The van der Waals surface area contributed by atoms with Crippen molar-refractivity contribution in [1.29, 1.82) is 0 Å². The molecular formula is C27H33N3O4S2. The Labute approximate surface area is 219 Å². The number of benzene rings is 3. The molecule has 0 radical (unpaired) electrons. The number of anilines is 1. The highest BCUT2D eigenvalue weighted by Crippen LogP contribution is 2.41. The first-order chi connectivity index (χ1) is 16.9. The van der Waals surface area contributed by atoms with Crippen LogP contribution in [0.4, 0.5) is 5.69 Å². The molecule has 4 rings (SSSR count). The van der Waals surface area contributed by atoms with Crippen LogP contribution in [0.2, 0.25) is 0 Å². The van der Waals surface area contributed by atoms with Gasteiger partial charge in [-0.2, -0.15) is 0 Å². The quantitative estimate of drug-likeness (QED) is 0.311. The molecule has 0 aromatic heterocycles. The number of nitrogens with zero attached hydrogens (tertiary/aromatic N) is 2. The fourth-order valence-electron chi connectivity index (χ4n) is 3.94. The molecular weight excluding hydrogens is 494 g/mol. The summed E-state index contributed by atoms with van der Waals surface area (Å²) < 4.78 is 30.9. The molecule has 1 aliphatic rings. The van der Waals surface area contributed by atoms with Crippen molar-refractivity contribution >= 4 is 33.5 Å². The molecule has 1 N–H and O–H groups in total. The van der Waals surface area contributed by atoms with Crippen molar-refractivity contribution in [3.8, 4) is 11.5 Å². The molecule has 1 aliphatic heterocycles. The molecule has 36 heavy (non-hydrogen) atoms. The summed E-state index contributed by atoms with van der Waals surface area (Å²) in [7, 11) is 2.25. The number of quaternary nitrogens is 1. The van der Waals surface area contributed by atoms with Gasteiger partial charge in [-0.15, -0.1) is 12.6 Å². The van der Waals surface area contributed by atoms with Crippen LogP contribution in [-0.4, -0.2) is 52.2 Å². The summed E-state index contributed by atoms with van der Waals surface area (Å²) in [5.41, 5.74) is 2.02. The molecule has 0 aliphatic carbocycles. The lowest BCUT2D eigenvalue weighted by molar-refractivity contribution is -0.884.